The molecule has 1 fully saturated rings. The largest absolute Gasteiger partial charge is 0.381 e. The Bertz CT molecular complexity index is 334. The van der Waals surface area contributed by atoms with E-state index in [9.17, 15) is 4.39 Å². The van der Waals surface area contributed by atoms with Crippen molar-refractivity contribution in [1.29, 1.82) is 0 Å². The summed E-state index contributed by atoms with van der Waals surface area (Å²) in [5, 5.41) is 0. The highest BCUT2D eigenvalue weighted by atomic mass is 79.9. The molecule has 1 aromatic carbocycles. The van der Waals surface area contributed by atoms with Crippen molar-refractivity contribution in [2.24, 2.45) is 5.92 Å². The molecule has 1 saturated heterocycles. The summed E-state index contributed by atoms with van der Waals surface area (Å²) >= 11 is 3.21. The maximum atomic E-state index is 13.0. The van der Waals surface area contributed by atoms with Crippen LogP contribution in [0, 0.1) is 11.7 Å². The molecule has 0 amide bonds. The first-order valence-electron chi connectivity index (χ1n) is 5.27. The van der Waals surface area contributed by atoms with Crippen molar-refractivity contribution >= 4 is 15.9 Å². The quantitative estimate of drug-likeness (QED) is 0.800. The summed E-state index contributed by atoms with van der Waals surface area (Å²) in [6.45, 7) is 1.74. The van der Waals surface area contributed by atoms with Crippen LogP contribution in [0.15, 0.2) is 22.7 Å². The average Bonchev–Trinajstić information content (AvgIpc) is 2.25. The second kappa shape index (κ2) is 5.08. The van der Waals surface area contributed by atoms with Gasteiger partial charge in [0.25, 0.3) is 0 Å². The second-order valence-corrected chi connectivity index (χ2v) is 4.86. The number of rotatable bonds is 2. The Morgan fingerprint density at radius 2 is 2.07 bits per heavy atom. The molecule has 3 heteroatoms. The van der Waals surface area contributed by atoms with E-state index in [1.54, 1.807) is 0 Å². The zero-order chi connectivity index (χ0) is 10.7. The average molecular weight is 273 g/mol. The fourth-order valence-corrected chi connectivity index (χ4v) is 2.38. The molecule has 0 bridgehead atoms. The van der Waals surface area contributed by atoms with Crippen LogP contribution in [0.2, 0.25) is 0 Å². The van der Waals surface area contributed by atoms with Gasteiger partial charge in [0.15, 0.2) is 0 Å². The van der Waals surface area contributed by atoms with Crippen molar-refractivity contribution < 1.29 is 9.13 Å². The zero-order valence-corrected chi connectivity index (χ0v) is 10.1. The molecule has 0 aromatic heterocycles. The number of ether oxygens (including phenoxy) is 1. The van der Waals surface area contributed by atoms with Gasteiger partial charge in [-0.25, -0.2) is 4.39 Å². The third-order valence-corrected chi connectivity index (χ3v) is 3.46. The van der Waals surface area contributed by atoms with Crippen LogP contribution in [0.5, 0.6) is 0 Å². The monoisotopic (exact) mass is 272 g/mol. The SMILES string of the molecule is Fc1ccc(CC2CCOCC2)cc1Br. The highest BCUT2D eigenvalue weighted by Crippen LogP contribution is 2.23. The molecule has 0 saturated carbocycles. The van der Waals surface area contributed by atoms with Gasteiger partial charge in [0.05, 0.1) is 4.47 Å². The Hall–Kier alpha value is -0.410. The van der Waals surface area contributed by atoms with Gasteiger partial charge in [-0.2, -0.15) is 0 Å². The minimum absolute atomic E-state index is 0.189. The number of halogens is 2. The molecule has 0 spiro atoms. The fraction of sp³-hybridized carbons (Fsp3) is 0.500. The minimum atomic E-state index is -0.189. The summed E-state index contributed by atoms with van der Waals surface area (Å²) in [6.07, 6.45) is 3.27. The summed E-state index contributed by atoms with van der Waals surface area (Å²) in [7, 11) is 0. The Balaban J connectivity index is 2.00. The van der Waals surface area contributed by atoms with Crippen LogP contribution in [-0.2, 0) is 11.2 Å². The van der Waals surface area contributed by atoms with Crippen molar-refractivity contribution in [2.45, 2.75) is 19.3 Å². The molecule has 0 atom stereocenters. The van der Waals surface area contributed by atoms with Crippen molar-refractivity contribution in [1.82, 2.24) is 0 Å². The lowest BCUT2D eigenvalue weighted by Crippen LogP contribution is -2.17. The molecule has 1 aliphatic heterocycles. The van der Waals surface area contributed by atoms with Gasteiger partial charge in [0.1, 0.15) is 5.82 Å². The molecular weight excluding hydrogens is 259 g/mol. The maximum absolute atomic E-state index is 13.0. The van der Waals surface area contributed by atoms with Gasteiger partial charge in [-0.3, -0.25) is 0 Å². The normalized spacial score (nSPS) is 18.0. The van der Waals surface area contributed by atoms with Gasteiger partial charge < -0.3 is 4.74 Å². The van der Waals surface area contributed by atoms with E-state index in [1.807, 2.05) is 12.1 Å². The summed E-state index contributed by atoms with van der Waals surface area (Å²) in [5.41, 5.74) is 1.20. The summed E-state index contributed by atoms with van der Waals surface area (Å²) < 4.78 is 18.9. The lowest BCUT2D eigenvalue weighted by Gasteiger charge is -2.21. The van der Waals surface area contributed by atoms with Crippen LogP contribution in [0.4, 0.5) is 4.39 Å². The lowest BCUT2D eigenvalue weighted by atomic mass is 9.92. The molecule has 82 valence electrons. The van der Waals surface area contributed by atoms with Crippen molar-refractivity contribution in [3.05, 3.63) is 34.1 Å². The molecule has 1 nitrogen and oxygen atoms in total. The van der Waals surface area contributed by atoms with Gasteiger partial charge in [0.2, 0.25) is 0 Å². The minimum Gasteiger partial charge on any atom is -0.381 e. The molecule has 0 radical (unpaired) electrons. The number of hydrogen-bond donors (Lipinski definition) is 0. The highest BCUT2D eigenvalue weighted by molar-refractivity contribution is 9.10. The molecular formula is C12H14BrFO. The van der Waals surface area contributed by atoms with Crippen LogP contribution in [0.25, 0.3) is 0 Å². The Kier molecular flexibility index (Phi) is 3.76. The number of hydrogen-bond acceptors (Lipinski definition) is 1. The molecule has 0 aliphatic carbocycles. The Morgan fingerprint density at radius 3 is 2.73 bits per heavy atom. The third-order valence-electron chi connectivity index (χ3n) is 2.85. The molecule has 2 rings (SSSR count). The first-order valence-corrected chi connectivity index (χ1v) is 6.06. The van der Waals surface area contributed by atoms with E-state index >= 15 is 0 Å². The van der Waals surface area contributed by atoms with Crippen LogP contribution >= 0.6 is 15.9 Å². The van der Waals surface area contributed by atoms with Gasteiger partial charge in [-0.1, -0.05) is 6.07 Å². The van der Waals surface area contributed by atoms with E-state index in [-0.39, 0.29) is 5.82 Å². The zero-order valence-electron chi connectivity index (χ0n) is 8.51. The first kappa shape index (κ1) is 11.1. The second-order valence-electron chi connectivity index (χ2n) is 4.01. The summed E-state index contributed by atoms with van der Waals surface area (Å²) in [4.78, 5) is 0. The summed E-state index contributed by atoms with van der Waals surface area (Å²) in [6, 6.07) is 5.28. The van der Waals surface area contributed by atoms with Crippen LogP contribution in [0.3, 0.4) is 0 Å². The van der Waals surface area contributed by atoms with Gasteiger partial charge in [0, 0.05) is 13.2 Å². The van der Waals surface area contributed by atoms with Crippen LogP contribution < -0.4 is 0 Å². The van der Waals surface area contributed by atoms with Crippen molar-refractivity contribution in [2.75, 3.05) is 13.2 Å². The van der Waals surface area contributed by atoms with E-state index in [0.29, 0.717) is 10.4 Å². The van der Waals surface area contributed by atoms with E-state index < -0.39 is 0 Å². The molecule has 1 aliphatic rings. The predicted molar refractivity (Wildman–Crippen MR) is 61.3 cm³/mol. The van der Waals surface area contributed by atoms with E-state index in [4.69, 9.17) is 4.74 Å². The van der Waals surface area contributed by atoms with E-state index in [2.05, 4.69) is 15.9 Å². The Labute approximate surface area is 97.8 Å². The van der Waals surface area contributed by atoms with Crippen LogP contribution in [0.1, 0.15) is 18.4 Å². The molecule has 0 N–H and O–H groups in total. The maximum Gasteiger partial charge on any atom is 0.137 e. The van der Waals surface area contributed by atoms with Crippen LogP contribution in [-0.4, -0.2) is 13.2 Å². The molecule has 15 heavy (non-hydrogen) atoms. The topological polar surface area (TPSA) is 9.23 Å². The van der Waals surface area contributed by atoms with Gasteiger partial charge in [-0.05, 0) is 58.8 Å². The fourth-order valence-electron chi connectivity index (χ4n) is 1.95. The highest BCUT2D eigenvalue weighted by Gasteiger charge is 2.14. The van der Waals surface area contributed by atoms with Crippen molar-refractivity contribution in [3.8, 4) is 0 Å². The number of benzene rings is 1. The lowest BCUT2D eigenvalue weighted by molar-refractivity contribution is 0.0665. The Morgan fingerprint density at radius 1 is 1.33 bits per heavy atom. The van der Waals surface area contributed by atoms with Crippen molar-refractivity contribution in [3.63, 3.8) is 0 Å². The molecule has 1 heterocycles. The van der Waals surface area contributed by atoms with E-state index in [0.717, 1.165) is 32.5 Å². The molecule has 0 unspecified atom stereocenters. The standard InChI is InChI=1S/C12H14BrFO/c13-11-8-10(1-2-12(11)14)7-9-3-5-15-6-4-9/h1-2,8-9H,3-7H2. The smallest absolute Gasteiger partial charge is 0.137 e. The summed E-state index contributed by atoms with van der Waals surface area (Å²) in [5.74, 6) is 0.502. The van der Waals surface area contributed by atoms with Gasteiger partial charge in [-0.15, -0.1) is 0 Å². The third kappa shape index (κ3) is 3.02. The van der Waals surface area contributed by atoms with Gasteiger partial charge >= 0.3 is 0 Å². The first-order chi connectivity index (χ1) is 7.25. The van der Waals surface area contributed by atoms with E-state index in [1.165, 1.54) is 11.6 Å². The predicted octanol–water partition coefficient (Wildman–Crippen LogP) is 3.56. The molecule has 1 aromatic rings.